The standard InChI is InChI=1S/C15H23ClN2/c1-12(2)14-4-3-8-18(9-7-14)15-6-5-13(10-16)11-17-15/h5-6,11-12,14H,3-4,7-10H2,1-2H3. The smallest absolute Gasteiger partial charge is 0.128 e. The number of halogens is 1. The number of hydrogen-bond donors (Lipinski definition) is 0. The molecule has 0 radical (unpaired) electrons. The lowest BCUT2D eigenvalue weighted by Crippen LogP contribution is -2.25. The number of rotatable bonds is 3. The third kappa shape index (κ3) is 3.38. The molecule has 1 aromatic rings. The van der Waals surface area contributed by atoms with Gasteiger partial charge in [0.25, 0.3) is 0 Å². The highest BCUT2D eigenvalue weighted by Crippen LogP contribution is 2.26. The minimum Gasteiger partial charge on any atom is -0.357 e. The summed E-state index contributed by atoms with van der Waals surface area (Å²) in [4.78, 5) is 6.94. The summed E-state index contributed by atoms with van der Waals surface area (Å²) in [5.74, 6) is 3.32. The third-order valence-corrected chi connectivity index (χ3v) is 4.31. The zero-order valence-electron chi connectivity index (χ0n) is 11.4. The van der Waals surface area contributed by atoms with Crippen molar-refractivity contribution in [1.82, 2.24) is 4.98 Å². The molecule has 0 aromatic carbocycles. The van der Waals surface area contributed by atoms with Crippen LogP contribution < -0.4 is 4.90 Å². The van der Waals surface area contributed by atoms with Gasteiger partial charge in [-0.05, 0) is 42.7 Å². The van der Waals surface area contributed by atoms with E-state index >= 15 is 0 Å². The first kappa shape index (κ1) is 13.7. The largest absolute Gasteiger partial charge is 0.357 e. The Hall–Kier alpha value is -0.760. The average Bonchev–Trinajstić information content (AvgIpc) is 2.64. The van der Waals surface area contributed by atoms with Crippen molar-refractivity contribution in [2.24, 2.45) is 11.8 Å². The Labute approximate surface area is 115 Å². The molecular formula is C15H23ClN2. The Balaban J connectivity index is 2.00. The first-order valence-electron chi connectivity index (χ1n) is 6.96. The molecule has 18 heavy (non-hydrogen) atoms. The molecule has 1 atom stereocenters. The summed E-state index contributed by atoms with van der Waals surface area (Å²) >= 11 is 5.79. The van der Waals surface area contributed by atoms with Crippen molar-refractivity contribution < 1.29 is 0 Å². The van der Waals surface area contributed by atoms with Crippen LogP contribution >= 0.6 is 11.6 Å². The first-order valence-corrected chi connectivity index (χ1v) is 7.50. The van der Waals surface area contributed by atoms with Crippen molar-refractivity contribution in [3.8, 4) is 0 Å². The predicted molar refractivity (Wildman–Crippen MR) is 78.2 cm³/mol. The van der Waals surface area contributed by atoms with E-state index in [1.54, 1.807) is 0 Å². The number of hydrogen-bond acceptors (Lipinski definition) is 2. The molecule has 1 saturated heterocycles. The number of pyridine rings is 1. The minimum atomic E-state index is 0.544. The lowest BCUT2D eigenvalue weighted by molar-refractivity contribution is 0.351. The molecule has 3 heteroatoms. The Morgan fingerprint density at radius 2 is 2.17 bits per heavy atom. The molecule has 0 saturated carbocycles. The fourth-order valence-electron chi connectivity index (χ4n) is 2.70. The van der Waals surface area contributed by atoms with E-state index in [-0.39, 0.29) is 0 Å². The molecule has 0 spiro atoms. The van der Waals surface area contributed by atoms with Crippen molar-refractivity contribution in [2.45, 2.75) is 39.0 Å². The zero-order chi connectivity index (χ0) is 13.0. The molecule has 1 unspecified atom stereocenters. The van der Waals surface area contributed by atoms with Crippen LogP contribution in [0.5, 0.6) is 0 Å². The SMILES string of the molecule is CC(C)C1CCCN(c2ccc(CCl)cn2)CC1. The summed E-state index contributed by atoms with van der Waals surface area (Å²) in [5, 5.41) is 0. The van der Waals surface area contributed by atoms with Gasteiger partial charge < -0.3 is 4.90 Å². The van der Waals surface area contributed by atoms with E-state index in [0.29, 0.717) is 5.88 Å². The number of anilines is 1. The fraction of sp³-hybridized carbons (Fsp3) is 0.667. The summed E-state index contributed by atoms with van der Waals surface area (Å²) < 4.78 is 0. The quantitative estimate of drug-likeness (QED) is 0.767. The van der Waals surface area contributed by atoms with E-state index in [2.05, 4.69) is 35.9 Å². The van der Waals surface area contributed by atoms with Gasteiger partial charge in [0.2, 0.25) is 0 Å². The summed E-state index contributed by atoms with van der Waals surface area (Å²) in [5.41, 5.74) is 1.09. The second-order valence-electron chi connectivity index (χ2n) is 5.58. The molecule has 2 nitrogen and oxygen atoms in total. The molecule has 0 N–H and O–H groups in total. The molecule has 2 rings (SSSR count). The van der Waals surface area contributed by atoms with Crippen LogP contribution in [-0.2, 0) is 5.88 Å². The maximum Gasteiger partial charge on any atom is 0.128 e. The average molecular weight is 267 g/mol. The zero-order valence-corrected chi connectivity index (χ0v) is 12.2. The lowest BCUT2D eigenvalue weighted by atomic mass is 9.89. The number of nitrogens with zero attached hydrogens (tertiary/aromatic N) is 2. The van der Waals surface area contributed by atoms with Crippen molar-refractivity contribution in [2.75, 3.05) is 18.0 Å². The van der Waals surface area contributed by atoms with Gasteiger partial charge in [0.1, 0.15) is 5.82 Å². The predicted octanol–water partition coefficient (Wildman–Crippen LogP) is 4.08. The summed E-state index contributed by atoms with van der Waals surface area (Å²) in [6.45, 7) is 6.95. The van der Waals surface area contributed by atoms with E-state index in [9.17, 15) is 0 Å². The Morgan fingerprint density at radius 1 is 1.33 bits per heavy atom. The molecule has 0 bridgehead atoms. The van der Waals surface area contributed by atoms with Crippen LogP contribution in [0.25, 0.3) is 0 Å². The summed E-state index contributed by atoms with van der Waals surface area (Å²) in [6, 6.07) is 4.19. The first-order chi connectivity index (χ1) is 8.70. The maximum absolute atomic E-state index is 5.79. The monoisotopic (exact) mass is 266 g/mol. The van der Waals surface area contributed by atoms with E-state index in [1.807, 2.05) is 6.20 Å². The van der Waals surface area contributed by atoms with Crippen LogP contribution in [0.15, 0.2) is 18.3 Å². The van der Waals surface area contributed by atoms with E-state index < -0.39 is 0 Å². The summed E-state index contributed by atoms with van der Waals surface area (Å²) in [6.07, 6.45) is 5.82. The van der Waals surface area contributed by atoms with Gasteiger partial charge in [0.05, 0.1) is 0 Å². The van der Waals surface area contributed by atoms with Crippen molar-refractivity contribution in [3.05, 3.63) is 23.9 Å². The van der Waals surface area contributed by atoms with Crippen LogP contribution in [-0.4, -0.2) is 18.1 Å². The van der Waals surface area contributed by atoms with Gasteiger partial charge in [0, 0.05) is 25.2 Å². The highest BCUT2D eigenvalue weighted by Gasteiger charge is 2.19. The molecule has 0 aliphatic carbocycles. The topological polar surface area (TPSA) is 16.1 Å². The van der Waals surface area contributed by atoms with Crippen LogP contribution in [0.3, 0.4) is 0 Å². The van der Waals surface area contributed by atoms with Crippen LogP contribution in [0.2, 0.25) is 0 Å². The van der Waals surface area contributed by atoms with Gasteiger partial charge >= 0.3 is 0 Å². The highest BCUT2D eigenvalue weighted by molar-refractivity contribution is 6.17. The summed E-state index contributed by atoms with van der Waals surface area (Å²) in [7, 11) is 0. The fourth-order valence-corrected chi connectivity index (χ4v) is 2.86. The van der Waals surface area contributed by atoms with Crippen LogP contribution in [0.4, 0.5) is 5.82 Å². The van der Waals surface area contributed by atoms with Crippen molar-refractivity contribution >= 4 is 17.4 Å². The number of aromatic nitrogens is 1. The molecule has 1 aliphatic rings. The number of alkyl halides is 1. The van der Waals surface area contributed by atoms with Crippen molar-refractivity contribution in [3.63, 3.8) is 0 Å². The second-order valence-corrected chi connectivity index (χ2v) is 5.85. The second kappa shape index (κ2) is 6.42. The Kier molecular flexibility index (Phi) is 4.87. The highest BCUT2D eigenvalue weighted by atomic mass is 35.5. The van der Waals surface area contributed by atoms with Gasteiger partial charge in [-0.1, -0.05) is 19.9 Å². The van der Waals surface area contributed by atoms with E-state index in [4.69, 9.17) is 11.6 Å². The Morgan fingerprint density at radius 3 is 2.78 bits per heavy atom. The van der Waals surface area contributed by atoms with E-state index in [0.717, 1.165) is 36.3 Å². The van der Waals surface area contributed by atoms with Crippen LogP contribution in [0.1, 0.15) is 38.7 Å². The normalized spacial score (nSPS) is 21.1. The van der Waals surface area contributed by atoms with E-state index in [1.165, 1.54) is 19.3 Å². The van der Waals surface area contributed by atoms with Gasteiger partial charge in [-0.3, -0.25) is 0 Å². The van der Waals surface area contributed by atoms with Gasteiger partial charge in [0.15, 0.2) is 0 Å². The van der Waals surface area contributed by atoms with Gasteiger partial charge in [-0.2, -0.15) is 0 Å². The molecule has 0 amide bonds. The Bertz CT molecular complexity index is 361. The van der Waals surface area contributed by atoms with Crippen molar-refractivity contribution in [1.29, 1.82) is 0 Å². The maximum atomic E-state index is 5.79. The molecule has 1 aliphatic heterocycles. The molecule has 1 aromatic heterocycles. The molecule has 100 valence electrons. The molecular weight excluding hydrogens is 244 g/mol. The molecule has 1 fully saturated rings. The van der Waals surface area contributed by atoms with Gasteiger partial charge in [-0.15, -0.1) is 11.6 Å². The minimum absolute atomic E-state index is 0.544. The molecule has 2 heterocycles. The van der Waals surface area contributed by atoms with Gasteiger partial charge in [-0.25, -0.2) is 4.98 Å². The lowest BCUT2D eigenvalue weighted by Gasteiger charge is -2.22. The van der Waals surface area contributed by atoms with Crippen LogP contribution in [0, 0.1) is 11.8 Å². The third-order valence-electron chi connectivity index (χ3n) is 4.00.